The largest absolute Gasteiger partial charge is 0.378 e. The monoisotopic (exact) mass is 304 g/mol. The molecular formula is C15H17N2O3P. The van der Waals surface area contributed by atoms with E-state index in [0.717, 1.165) is 22.2 Å². The van der Waals surface area contributed by atoms with E-state index in [1.165, 1.54) is 0 Å². The van der Waals surface area contributed by atoms with Crippen molar-refractivity contribution in [1.82, 2.24) is 9.97 Å². The Morgan fingerprint density at radius 3 is 2.62 bits per heavy atom. The third-order valence-electron chi connectivity index (χ3n) is 3.24. The van der Waals surface area contributed by atoms with Crippen LogP contribution in [-0.4, -0.2) is 23.2 Å². The predicted octanol–water partition coefficient (Wildman–Crippen LogP) is 3.56. The van der Waals surface area contributed by atoms with Gasteiger partial charge in [-0.05, 0) is 25.3 Å². The highest BCUT2D eigenvalue weighted by Gasteiger charge is 2.29. The van der Waals surface area contributed by atoms with Crippen LogP contribution in [0.25, 0.3) is 22.2 Å². The molecule has 0 spiro atoms. The number of nitrogens with zero attached hydrogens (tertiary/aromatic N) is 1. The maximum atomic E-state index is 12.8. The van der Waals surface area contributed by atoms with Gasteiger partial charge in [0.1, 0.15) is 5.44 Å². The number of benzene rings is 1. The molecule has 0 atom stereocenters. The van der Waals surface area contributed by atoms with Crippen LogP contribution < -0.4 is 5.44 Å². The molecular weight excluding hydrogens is 287 g/mol. The second-order valence-electron chi connectivity index (χ2n) is 4.60. The maximum Gasteiger partial charge on any atom is 0.378 e. The van der Waals surface area contributed by atoms with E-state index in [9.17, 15) is 4.57 Å². The van der Waals surface area contributed by atoms with Gasteiger partial charge in [0.25, 0.3) is 0 Å². The third-order valence-corrected chi connectivity index (χ3v) is 5.26. The van der Waals surface area contributed by atoms with Gasteiger partial charge < -0.3 is 14.0 Å². The number of hydrogen-bond acceptors (Lipinski definition) is 4. The average molecular weight is 304 g/mol. The number of hydrogen-bond donors (Lipinski definition) is 1. The Bertz CT molecular complexity index is 774. The highest BCUT2D eigenvalue weighted by atomic mass is 31.2. The molecule has 1 aliphatic heterocycles. The van der Waals surface area contributed by atoms with Crippen LogP contribution in [0.2, 0.25) is 0 Å². The Labute approximate surface area is 123 Å². The van der Waals surface area contributed by atoms with Crippen molar-refractivity contribution in [2.24, 2.45) is 0 Å². The summed E-state index contributed by atoms with van der Waals surface area (Å²) in [5.74, 6) is 0. The second kappa shape index (κ2) is 5.60. The SMILES string of the molecule is CCOP(=O)(OCC)c1cnc2c3ccccc3cc-2[nH]1. The molecule has 0 fully saturated rings. The quantitative estimate of drug-likeness (QED) is 0.732. The van der Waals surface area contributed by atoms with E-state index < -0.39 is 7.60 Å². The molecule has 2 aliphatic rings. The van der Waals surface area contributed by atoms with E-state index in [1.54, 1.807) is 20.0 Å². The van der Waals surface area contributed by atoms with Crippen LogP contribution >= 0.6 is 7.60 Å². The molecule has 110 valence electrons. The Balaban J connectivity index is 2.14. The number of fused-ring (bicyclic) bond motifs is 3. The molecule has 1 aromatic rings. The number of aromatic nitrogens is 2. The fourth-order valence-corrected chi connectivity index (χ4v) is 3.88. The topological polar surface area (TPSA) is 64.2 Å². The van der Waals surface area contributed by atoms with Gasteiger partial charge in [0.05, 0.1) is 30.8 Å². The summed E-state index contributed by atoms with van der Waals surface area (Å²) in [7, 11) is -3.34. The predicted molar refractivity (Wildman–Crippen MR) is 83.2 cm³/mol. The zero-order valence-corrected chi connectivity index (χ0v) is 12.9. The lowest BCUT2D eigenvalue weighted by Gasteiger charge is -2.17. The highest BCUT2D eigenvalue weighted by molar-refractivity contribution is 7.61. The van der Waals surface area contributed by atoms with E-state index in [-0.39, 0.29) is 0 Å². The molecule has 3 rings (SSSR count). The van der Waals surface area contributed by atoms with E-state index in [0.29, 0.717) is 18.6 Å². The standard InChI is InChI=1S/C15H17N2O3P/c1-3-19-21(18,20-4-2)14-10-16-15-12-8-6-5-7-11(12)9-13(15)17-14/h5-10,17H,3-4H2,1-2H3. The van der Waals surface area contributed by atoms with E-state index >= 15 is 0 Å². The Hall–Kier alpha value is -1.68. The van der Waals surface area contributed by atoms with Crippen LogP contribution in [-0.2, 0) is 13.6 Å². The lowest BCUT2D eigenvalue weighted by Crippen LogP contribution is -2.16. The molecule has 1 N–H and O–H groups in total. The average Bonchev–Trinajstić information content (AvgIpc) is 2.85. The van der Waals surface area contributed by atoms with Crippen molar-refractivity contribution in [3.8, 4) is 11.4 Å². The first-order chi connectivity index (χ1) is 10.2. The molecule has 5 nitrogen and oxygen atoms in total. The second-order valence-corrected chi connectivity index (χ2v) is 6.59. The van der Waals surface area contributed by atoms with Crippen LogP contribution in [0.1, 0.15) is 13.8 Å². The summed E-state index contributed by atoms with van der Waals surface area (Å²) in [6.45, 7) is 4.20. The fraction of sp³-hybridized carbons (Fsp3) is 0.267. The third kappa shape index (κ3) is 2.48. The van der Waals surface area contributed by atoms with Gasteiger partial charge in [-0.2, -0.15) is 0 Å². The van der Waals surface area contributed by atoms with Crippen LogP contribution in [0.5, 0.6) is 0 Å². The van der Waals surface area contributed by atoms with Gasteiger partial charge in [-0.1, -0.05) is 24.3 Å². The zero-order chi connectivity index (χ0) is 14.9. The van der Waals surface area contributed by atoms with E-state index in [1.807, 2.05) is 30.3 Å². The minimum Gasteiger partial charge on any atom is -0.346 e. The van der Waals surface area contributed by atoms with Crippen molar-refractivity contribution < 1.29 is 13.6 Å². The first-order valence-corrected chi connectivity index (χ1v) is 8.48. The minimum absolute atomic E-state index is 0.312. The van der Waals surface area contributed by atoms with Gasteiger partial charge in [0, 0.05) is 5.39 Å². The molecule has 1 aromatic carbocycles. The van der Waals surface area contributed by atoms with Gasteiger partial charge in [-0.15, -0.1) is 0 Å². The molecule has 1 heterocycles. The van der Waals surface area contributed by atoms with E-state index in [4.69, 9.17) is 9.05 Å². The Morgan fingerprint density at radius 2 is 1.90 bits per heavy atom. The van der Waals surface area contributed by atoms with Gasteiger partial charge >= 0.3 is 7.60 Å². The summed E-state index contributed by atoms with van der Waals surface area (Å²) >= 11 is 0. The van der Waals surface area contributed by atoms with E-state index in [2.05, 4.69) is 9.97 Å². The number of nitrogens with one attached hydrogen (secondary N) is 1. The van der Waals surface area contributed by atoms with Gasteiger partial charge in [-0.25, -0.2) is 0 Å². The van der Waals surface area contributed by atoms with Crippen LogP contribution in [0.4, 0.5) is 0 Å². The van der Waals surface area contributed by atoms with Crippen molar-refractivity contribution in [2.75, 3.05) is 13.2 Å². The van der Waals surface area contributed by atoms with Crippen molar-refractivity contribution in [2.45, 2.75) is 13.8 Å². The molecule has 0 bridgehead atoms. The lowest BCUT2D eigenvalue weighted by molar-refractivity contribution is 0.229. The minimum atomic E-state index is -3.34. The summed E-state index contributed by atoms with van der Waals surface area (Å²) in [5, 5.41) is 2.16. The van der Waals surface area contributed by atoms with Crippen LogP contribution in [0, 0.1) is 0 Å². The first kappa shape index (κ1) is 14.3. The Morgan fingerprint density at radius 1 is 1.19 bits per heavy atom. The number of rotatable bonds is 5. The van der Waals surface area contributed by atoms with Crippen LogP contribution in [0.3, 0.4) is 0 Å². The van der Waals surface area contributed by atoms with Crippen molar-refractivity contribution >= 4 is 23.8 Å². The van der Waals surface area contributed by atoms with Crippen molar-refractivity contribution in [1.29, 1.82) is 0 Å². The molecule has 1 aliphatic carbocycles. The molecule has 0 amide bonds. The van der Waals surface area contributed by atoms with Gasteiger partial charge in [0.2, 0.25) is 0 Å². The fourth-order valence-electron chi connectivity index (χ4n) is 2.39. The summed E-state index contributed by atoms with van der Waals surface area (Å²) in [5.41, 5.74) is 2.07. The molecule has 0 saturated carbocycles. The van der Waals surface area contributed by atoms with Gasteiger partial charge in [0.15, 0.2) is 0 Å². The van der Waals surface area contributed by atoms with Crippen molar-refractivity contribution in [3.05, 3.63) is 36.5 Å². The highest BCUT2D eigenvalue weighted by Crippen LogP contribution is 2.46. The summed E-state index contributed by atoms with van der Waals surface area (Å²) in [6, 6.07) is 9.98. The molecule has 21 heavy (non-hydrogen) atoms. The first-order valence-electron chi connectivity index (χ1n) is 6.94. The Kier molecular flexibility index (Phi) is 3.81. The molecule has 0 aromatic heterocycles. The summed E-state index contributed by atoms with van der Waals surface area (Å²) < 4.78 is 23.4. The molecule has 0 unspecified atom stereocenters. The maximum absolute atomic E-state index is 12.8. The molecule has 0 radical (unpaired) electrons. The summed E-state index contributed by atoms with van der Waals surface area (Å²) in [4.78, 5) is 7.59. The normalized spacial score (nSPS) is 12.3. The lowest BCUT2D eigenvalue weighted by atomic mass is 10.2. The zero-order valence-electron chi connectivity index (χ0n) is 12.0. The number of aromatic amines is 1. The molecule has 6 heteroatoms. The van der Waals surface area contributed by atoms with Crippen molar-refractivity contribution in [3.63, 3.8) is 0 Å². The smallest absolute Gasteiger partial charge is 0.346 e. The summed E-state index contributed by atoms with van der Waals surface area (Å²) in [6.07, 6.45) is 1.54. The molecule has 0 saturated heterocycles. The van der Waals surface area contributed by atoms with Crippen LogP contribution in [0.15, 0.2) is 36.5 Å². The van der Waals surface area contributed by atoms with Gasteiger partial charge in [-0.3, -0.25) is 9.55 Å². The number of H-pyrrole nitrogens is 1.